The monoisotopic (exact) mass is 390 g/mol. The first-order valence-electron chi connectivity index (χ1n) is 7.32. The van der Waals surface area contributed by atoms with Gasteiger partial charge in [-0.1, -0.05) is 18.2 Å². The molecule has 136 valence electrons. The number of carbonyl (C=O) groups excluding carboxylic acids is 1. The van der Waals surface area contributed by atoms with Gasteiger partial charge in [0, 0.05) is 23.5 Å². The number of aliphatic hydroxyl groups excluding tert-OH is 1. The molecule has 2 unspecified atom stereocenters. The van der Waals surface area contributed by atoms with Gasteiger partial charge in [0.2, 0.25) is 6.41 Å². The summed E-state index contributed by atoms with van der Waals surface area (Å²) in [7, 11) is 0. The quantitative estimate of drug-likeness (QED) is 0.582. The van der Waals surface area contributed by atoms with Gasteiger partial charge >= 0.3 is 0 Å². The van der Waals surface area contributed by atoms with E-state index in [1.165, 1.54) is 12.1 Å². The highest BCUT2D eigenvalue weighted by molar-refractivity contribution is 6.43. The zero-order valence-corrected chi connectivity index (χ0v) is 14.9. The molecule has 1 aromatic heterocycles. The SMILES string of the molecule is CC(Cl)Cl.O=CNC(CF)C(O)c1ccc(-c2cccnc2)cc1F. The molecule has 2 aromatic rings. The lowest BCUT2D eigenvalue weighted by atomic mass is 9.99. The summed E-state index contributed by atoms with van der Waals surface area (Å²) < 4.78 is 26.8. The van der Waals surface area contributed by atoms with Crippen molar-refractivity contribution in [3.63, 3.8) is 0 Å². The number of aliphatic hydroxyl groups is 1. The Balaban J connectivity index is 0.000000705. The summed E-state index contributed by atoms with van der Waals surface area (Å²) in [6, 6.07) is 6.54. The van der Waals surface area contributed by atoms with E-state index in [1.807, 2.05) is 0 Å². The number of benzene rings is 1. The Bertz CT molecular complexity index is 658. The van der Waals surface area contributed by atoms with E-state index in [0.717, 1.165) is 5.56 Å². The Kier molecular flexibility index (Phi) is 9.34. The summed E-state index contributed by atoms with van der Waals surface area (Å²) >= 11 is 10.1. The maximum Gasteiger partial charge on any atom is 0.207 e. The second-order valence-corrected chi connectivity index (χ2v) is 6.52. The van der Waals surface area contributed by atoms with Gasteiger partial charge in [0.1, 0.15) is 23.4 Å². The lowest BCUT2D eigenvalue weighted by Gasteiger charge is -2.20. The molecule has 0 saturated carbocycles. The molecule has 25 heavy (non-hydrogen) atoms. The molecule has 0 fully saturated rings. The molecule has 2 atom stereocenters. The van der Waals surface area contributed by atoms with E-state index in [9.17, 15) is 18.7 Å². The van der Waals surface area contributed by atoms with Crippen molar-refractivity contribution in [1.29, 1.82) is 0 Å². The van der Waals surface area contributed by atoms with Crippen LogP contribution < -0.4 is 5.32 Å². The predicted molar refractivity (Wildman–Crippen MR) is 94.7 cm³/mol. The third-order valence-corrected chi connectivity index (χ3v) is 3.14. The minimum Gasteiger partial charge on any atom is -0.386 e. The molecule has 1 heterocycles. The molecular formula is C17H18Cl2F2N2O2. The minimum atomic E-state index is -1.46. The van der Waals surface area contributed by atoms with E-state index in [-0.39, 0.29) is 16.8 Å². The fourth-order valence-corrected chi connectivity index (χ4v) is 2.00. The molecule has 2 rings (SSSR count). The standard InChI is InChI=1S/C15H14F2N2O2.C2H4Cl2/c16-7-14(19-9-20)15(21)12-4-3-10(6-13(12)17)11-2-1-5-18-8-11;1-2(3)4/h1-6,8-9,14-15,21H,7H2,(H,19,20);2H,1H3. The molecular weight excluding hydrogens is 373 g/mol. The van der Waals surface area contributed by atoms with Crippen molar-refractivity contribution in [2.24, 2.45) is 0 Å². The molecule has 0 aliphatic heterocycles. The number of nitrogens with zero attached hydrogens (tertiary/aromatic N) is 1. The fourth-order valence-electron chi connectivity index (χ4n) is 2.00. The van der Waals surface area contributed by atoms with Gasteiger partial charge in [0.25, 0.3) is 0 Å². The van der Waals surface area contributed by atoms with Crippen LogP contribution in [0.3, 0.4) is 0 Å². The normalized spacial score (nSPS) is 12.8. The largest absolute Gasteiger partial charge is 0.386 e. The Morgan fingerprint density at radius 3 is 2.48 bits per heavy atom. The molecule has 4 nitrogen and oxygen atoms in total. The van der Waals surface area contributed by atoms with Crippen LogP contribution in [-0.4, -0.2) is 34.1 Å². The number of rotatable bonds is 6. The van der Waals surface area contributed by atoms with E-state index < -0.39 is 24.6 Å². The Labute approximate surface area is 154 Å². The van der Waals surface area contributed by atoms with Gasteiger partial charge < -0.3 is 10.4 Å². The van der Waals surface area contributed by atoms with Crippen molar-refractivity contribution in [3.8, 4) is 11.1 Å². The maximum absolute atomic E-state index is 14.1. The summed E-state index contributed by atoms with van der Waals surface area (Å²) in [5.74, 6) is -0.671. The zero-order chi connectivity index (χ0) is 18.8. The number of halogens is 4. The van der Waals surface area contributed by atoms with Gasteiger partial charge in [-0.05, 0) is 24.6 Å². The molecule has 8 heteroatoms. The average Bonchev–Trinajstić information content (AvgIpc) is 2.59. The third-order valence-electron chi connectivity index (χ3n) is 3.14. The van der Waals surface area contributed by atoms with Crippen molar-refractivity contribution >= 4 is 29.6 Å². The molecule has 1 amide bonds. The first-order valence-corrected chi connectivity index (χ1v) is 8.19. The Hall–Kier alpha value is -1.76. The fraction of sp³-hybridized carbons (Fsp3) is 0.294. The number of hydrogen-bond acceptors (Lipinski definition) is 3. The van der Waals surface area contributed by atoms with Crippen molar-refractivity contribution in [2.75, 3.05) is 6.67 Å². The van der Waals surface area contributed by atoms with Gasteiger partial charge in [0.15, 0.2) is 0 Å². The second kappa shape index (κ2) is 11.0. The van der Waals surface area contributed by atoms with Crippen LogP contribution in [0.1, 0.15) is 18.6 Å². The van der Waals surface area contributed by atoms with Crippen LogP contribution in [-0.2, 0) is 4.79 Å². The molecule has 0 spiro atoms. The van der Waals surface area contributed by atoms with Crippen LogP contribution in [0.4, 0.5) is 8.78 Å². The minimum absolute atomic E-state index is 0.0698. The van der Waals surface area contributed by atoms with Gasteiger partial charge in [-0.25, -0.2) is 8.78 Å². The Morgan fingerprint density at radius 1 is 1.32 bits per heavy atom. The summed E-state index contributed by atoms with van der Waals surface area (Å²) in [4.78, 5) is 14.1. The molecule has 2 N–H and O–H groups in total. The van der Waals surface area contributed by atoms with Gasteiger partial charge in [-0.2, -0.15) is 0 Å². The summed E-state index contributed by atoms with van der Waals surface area (Å²) in [6.45, 7) is 0.701. The molecule has 1 aromatic carbocycles. The van der Waals surface area contributed by atoms with Crippen molar-refractivity contribution < 1.29 is 18.7 Å². The number of carbonyl (C=O) groups is 1. The molecule has 0 aliphatic carbocycles. The molecule has 0 bridgehead atoms. The second-order valence-electron chi connectivity index (χ2n) is 4.99. The van der Waals surface area contributed by atoms with Gasteiger partial charge in [0.05, 0.1) is 6.04 Å². The lowest BCUT2D eigenvalue weighted by molar-refractivity contribution is -0.111. The highest BCUT2D eigenvalue weighted by Crippen LogP contribution is 2.26. The summed E-state index contributed by atoms with van der Waals surface area (Å²) in [6.07, 6.45) is 2.01. The molecule has 0 aliphatic rings. The number of amides is 1. The molecule has 0 saturated heterocycles. The van der Waals surface area contributed by atoms with Crippen LogP contribution in [0.25, 0.3) is 11.1 Å². The van der Waals surface area contributed by atoms with E-state index in [0.29, 0.717) is 5.56 Å². The van der Waals surface area contributed by atoms with Crippen LogP contribution in [0.5, 0.6) is 0 Å². The van der Waals surface area contributed by atoms with E-state index in [1.54, 1.807) is 37.5 Å². The van der Waals surface area contributed by atoms with Crippen molar-refractivity contribution in [3.05, 3.63) is 54.1 Å². The average molecular weight is 391 g/mol. The lowest BCUT2D eigenvalue weighted by Crippen LogP contribution is -2.36. The number of aromatic nitrogens is 1. The van der Waals surface area contributed by atoms with E-state index in [4.69, 9.17) is 23.2 Å². The summed E-state index contributed by atoms with van der Waals surface area (Å²) in [5.41, 5.74) is 1.25. The van der Waals surface area contributed by atoms with Crippen LogP contribution in [0.15, 0.2) is 42.7 Å². The number of pyridine rings is 1. The number of alkyl halides is 3. The number of hydrogen-bond donors (Lipinski definition) is 2. The van der Waals surface area contributed by atoms with Gasteiger partial charge in [-0.3, -0.25) is 9.78 Å². The maximum atomic E-state index is 14.1. The van der Waals surface area contributed by atoms with E-state index in [2.05, 4.69) is 10.3 Å². The van der Waals surface area contributed by atoms with Crippen LogP contribution >= 0.6 is 23.2 Å². The third kappa shape index (κ3) is 6.94. The van der Waals surface area contributed by atoms with Crippen LogP contribution in [0, 0.1) is 5.82 Å². The van der Waals surface area contributed by atoms with Crippen LogP contribution in [0.2, 0.25) is 0 Å². The smallest absolute Gasteiger partial charge is 0.207 e. The van der Waals surface area contributed by atoms with Crippen molar-refractivity contribution in [1.82, 2.24) is 10.3 Å². The topological polar surface area (TPSA) is 62.2 Å². The van der Waals surface area contributed by atoms with Crippen molar-refractivity contribution in [2.45, 2.75) is 23.9 Å². The first-order chi connectivity index (χ1) is 11.9. The van der Waals surface area contributed by atoms with Gasteiger partial charge in [-0.15, -0.1) is 23.2 Å². The highest BCUT2D eigenvalue weighted by Gasteiger charge is 2.23. The number of nitrogens with one attached hydrogen (secondary N) is 1. The highest BCUT2D eigenvalue weighted by atomic mass is 35.5. The summed E-state index contributed by atoms with van der Waals surface area (Å²) in [5, 5.41) is 12.1. The predicted octanol–water partition coefficient (Wildman–Crippen LogP) is 3.82. The molecule has 0 radical (unpaired) electrons. The Morgan fingerprint density at radius 2 is 2.00 bits per heavy atom. The first kappa shape index (κ1) is 21.3. The van der Waals surface area contributed by atoms with E-state index >= 15 is 0 Å². The zero-order valence-electron chi connectivity index (χ0n) is 13.4.